The fourth-order valence-electron chi connectivity index (χ4n) is 4.35. The lowest BCUT2D eigenvalue weighted by Gasteiger charge is -2.42. The first kappa shape index (κ1) is 12.2. The molecule has 2 aromatic rings. The molecule has 1 saturated heterocycles. The smallest absolute Gasteiger partial charge is 0.0516 e. The molecule has 0 spiro atoms. The first-order valence-electron chi connectivity index (χ1n) is 8.48. The molecule has 0 unspecified atom stereocenters. The van der Waals surface area contributed by atoms with Crippen LogP contribution in [-0.4, -0.2) is 35.1 Å². The van der Waals surface area contributed by atoms with E-state index in [1.807, 2.05) is 0 Å². The van der Waals surface area contributed by atoms with E-state index in [0.29, 0.717) is 6.04 Å². The van der Waals surface area contributed by atoms with E-state index in [1.54, 1.807) is 5.56 Å². The van der Waals surface area contributed by atoms with Gasteiger partial charge in [0.05, 0.1) is 6.04 Å². The molecule has 1 saturated carbocycles. The molecule has 2 fully saturated rings. The van der Waals surface area contributed by atoms with Crippen molar-refractivity contribution in [2.24, 2.45) is 0 Å². The van der Waals surface area contributed by atoms with Gasteiger partial charge in [0.15, 0.2) is 0 Å². The van der Waals surface area contributed by atoms with Crippen LogP contribution < -0.4 is 5.32 Å². The number of nitrogens with one attached hydrogen (secondary N) is 2. The molecule has 2 aliphatic heterocycles. The molecule has 21 heavy (non-hydrogen) atoms. The van der Waals surface area contributed by atoms with E-state index >= 15 is 0 Å². The largest absolute Gasteiger partial charge is 0.357 e. The highest BCUT2D eigenvalue weighted by Gasteiger charge is 2.36. The summed E-state index contributed by atoms with van der Waals surface area (Å²) in [5.41, 5.74) is 4.41. The maximum atomic E-state index is 3.85. The van der Waals surface area contributed by atoms with Gasteiger partial charge in [0, 0.05) is 41.8 Å². The first-order chi connectivity index (χ1) is 10.4. The van der Waals surface area contributed by atoms with E-state index in [9.17, 15) is 0 Å². The lowest BCUT2D eigenvalue weighted by atomic mass is 9.88. The summed E-state index contributed by atoms with van der Waals surface area (Å²) in [6.07, 6.45) is 6.58. The Morgan fingerprint density at radius 1 is 1.05 bits per heavy atom. The summed E-state index contributed by atoms with van der Waals surface area (Å²) in [6, 6.07) is 11.0. The Balaban J connectivity index is 1.50. The lowest BCUT2D eigenvalue weighted by molar-refractivity contribution is 0.113. The van der Waals surface area contributed by atoms with E-state index in [1.165, 1.54) is 61.8 Å². The van der Waals surface area contributed by atoms with Gasteiger partial charge in [0.25, 0.3) is 0 Å². The van der Waals surface area contributed by atoms with Crippen LogP contribution in [0.1, 0.15) is 43.0 Å². The van der Waals surface area contributed by atoms with Crippen LogP contribution in [0.4, 0.5) is 0 Å². The molecule has 3 nitrogen and oxygen atoms in total. The number of aromatic nitrogens is 1. The number of aromatic amines is 1. The Morgan fingerprint density at radius 3 is 2.86 bits per heavy atom. The molecule has 5 rings (SSSR count). The number of H-pyrrole nitrogens is 1. The Morgan fingerprint density at radius 2 is 1.95 bits per heavy atom. The van der Waals surface area contributed by atoms with Crippen molar-refractivity contribution in [2.45, 2.75) is 50.2 Å². The number of rotatable bonds is 2. The molecular formula is C18H23N3. The number of nitrogens with zero attached hydrogens (tertiary/aromatic N) is 1. The zero-order chi connectivity index (χ0) is 13.8. The van der Waals surface area contributed by atoms with Crippen LogP contribution in [0.3, 0.4) is 0 Å². The average molecular weight is 281 g/mol. The van der Waals surface area contributed by atoms with Crippen LogP contribution in [0.5, 0.6) is 0 Å². The van der Waals surface area contributed by atoms with Crippen LogP contribution in [-0.2, 0) is 6.42 Å². The number of hydrogen-bond acceptors (Lipinski definition) is 2. The van der Waals surface area contributed by atoms with E-state index in [2.05, 4.69) is 39.5 Å². The molecule has 0 radical (unpaired) electrons. The number of hydrogen-bond donors (Lipinski definition) is 2. The number of fused-ring (bicyclic) bond motifs is 5. The molecular weight excluding hydrogens is 258 g/mol. The van der Waals surface area contributed by atoms with Gasteiger partial charge in [-0.2, -0.15) is 0 Å². The Hall–Kier alpha value is -1.32. The zero-order valence-corrected chi connectivity index (χ0v) is 12.4. The standard InChI is InChI=1S/C18H23N3/c1-2-4-16-14(3-1)15-8-10-21-9-7-13(19-12-5-6-12)11-17(21)18(15)20-16/h1-4,12-13,17,19-20H,5-11H2/t13-,17-/m1/s1. The van der Waals surface area contributed by atoms with E-state index in [-0.39, 0.29) is 0 Å². The Bertz CT molecular complexity index is 670. The highest BCUT2D eigenvalue weighted by molar-refractivity contribution is 5.85. The minimum atomic E-state index is 0.603. The SMILES string of the molecule is c1ccc2c3c([nH]c2c1)[C@H]1C[C@H](NC2CC2)CCN1CC3. The fourth-order valence-corrected chi connectivity index (χ4v) is 4.35. The third-order valence-corrected chi connectivity index (χ3v) is 5.59. The predicted molar refractivity (Wildman–Crippen MR) is 85.5 cm³/mol. The predicted octanol–water partition coefficient (Wildman–Crippen LogP) is 2.98. The van der Waals surface area contributed by atoms with E-state index < -0.39 is 0 Å². The van der Waals surface area contributed by atoms with Crippen molar-refractivity contribution in [3.05, 3.63) is 35.5 Å². The summed E-state index contributed by atoms with van der Waals surface area (Å²) in [5.74, 6) is 0. The monoisotopic (exact) mass is 281 g/mol. The average Bonchev–Trinajstić information content (AvgIpc) is 3.25. The van der Waals surface area contributed by atoms with Crippen LogP contribution in [0.15, 0.2) is 24.3 Å². The summed E-state index contributed by atoms with van der Waals surface area (Å²) < 4.78 is 0. The van der Waals surface area contributed by atoms with E-state index in [0.717, 1.165) is 12.1 Å². The van der Waals surface area contributed by atoms with E-state index in [4.69, 9.17) is 0 Å². The van der Waals surface area contributed by atoms with Crippen molar-refractivity contribution in [3.8, 4) is 0 Å². The van der Waals surface area contributed by atoms with Crippen molar-refractivity contribution in [3.63, 3.8) is 0 Å². The van der Waals surface area contributed by atoms with Gasteiger partial charge in [-0.15, -0.1) is 0 Å². The lowest BCUT2D eigenvalue weighted by Crippen LogP contribution is -2.47. The molecule has 3 heterocycles. The summed E-state index contributed by atoms with van der Waals surface area (Å²) >= 11 is 0. The highest BCUT2D eigenvalue weighted by atomic mass is 15.2. The fraction of sp³-hybridized carbons (Fsp3) is 0.556. The zero-order valence-electron chi connectivity index (χ0n) is 12.4. The van der Waals surface area contributed by atoms with Gasteiger partial charge in [0.1, 0.15) is 0 Å². The number of piperidine rings is 1. The second-order valence-electron chi connectivity index (χ2n) is 7.03. The van der Waals surface area contributed by atoms with Gasteiger partial charge in [0.2, 0.25) is 0 Å². The van der Waals surface area contributed by atoms with Gasteiger partial charge in [-0.1, -0.05) is 18.2 Å². The van der Waals surface area contributed by atoms with Gasteiger partial charge in [-0.3, -0.25) is 4.90 Å². The third-order valence-electron chi connectivity index (χ3n) is 5.59. The van der Waals surface area contributed by atoms with Gasteiger partial charge >= 0.3 is 0 Å². The molecule has 2 atom stereocenters. The second-order valence-corrected chi connectivity index (χ2v) is 7.03. The van der Waals surface area contributed by atoms with Crippen molar-refractivity contribution in [1.82, 2.24) is 15.2 Å². The summed E-state index contributed by atoms with van der Waals surface area (Å²) in [6.45, 7) is 2.49. The molecule has 1 aromatic heterocycles. The highest BCUT2D eigenvalue weighted by Crippen LogP contribution is 2.39. The quantitative estimate of drug-likeness (QED) is 0.886. The summed E-state index contributed by atoms with van der Waals surface area (Å²) in [4.78, 5) is 6.43. The molecule has 2 N–H and O–H groups in total. The number of benzene rings is 1. The maximum Gasteiger partial charge on any atom is 0.0516 e. The van der Waals surface area contributed by atoms with Gasteiger partial charge < -0.3 is 10.3 Å². The normalized spacial score (nSPS) is 29.3. The third kappa shape index (κ3) is 2.02. The van der Waals surface area contributed by atoms with Crippen molar-refractivity contribution >= 4 is 10.9 Å². The van der Waals surface area contributed by atoms with Gasteiger partial charge in [-0.25, -0.2) is 0 Å². The number of para-hydroxylation sites is 1. The van der Waals surface area contributed by atoms with Crippen LogP contribution in [0.2, 0.25) is 0 Å². The summed E-state index contributed by atoms with van der Waals surface area (Å²) in [5, 5.41) is 5.30. The summed E-state index contributed by atoms with van der Waals surface area (Å²) in [7, 11) is 0. The minimum absolute atomic E-state index is 0.603. The topological polar surface area (TPSA) is 31.1 Å². The van der Waals surface area contributed by atoms with Crippen LogP contribution >= 0.6 is 0 Å². The molecule has 0 bridgehead atoms. The first-order valence-corrected chi connectivity index (χ1v) is 8.48. The van der Waals surface area contributed by atoms with Crippen molar-refractivity contribution < 1.29 is 0 Å². The molecule has 3 heteroatoms. The molecule has 1 aliphatic carbocycles. The Kier molecular flexibility index (Phi) is 2.67. The van der Waals surface area contributed by atoms with Crippen molar-refractivity contribution in [1.29, 1.82) is 0 Å². The molecule has 1 aromatic carbocycles. The van der Waals surface area contributed by atoms with Crippen LogP contribution in [0.25, 0.3) is 10.9 Å². The Labute approximate surface area is 125 Å². The minimum Gasteiger partial charge on any atom is -0.357 e. The second kappa shape index (κ2) is 4.59. The van der Waals surface area contributed by atoms with Crippen LogP contribution in [0, 0.1) is 0 Å². The molecule has 0 amide bonds. The van der Waals surface area contributed by atoms with Crippen molar-refractivity contribution in [2.75, 3.05) is 13.1 Å². The molecule has 110 valence electrons. The van der Waals surface area contributed by atoms with Gasteiger partial charge in [-0.05, 0) is 43.7 Å². The molecule has 3 aliphatic rings. The maximum absolute atomic E-state index is 3.85.